The minimum atomic E-state index is -1.93. The monoisotopic (exact) mass is 252 g/mol. The third kappa shape index (κ3) is 3.11. The molecule has 0 saturated heterocycles. The molecule has 0 heterocycles. The van der Waals surface area contributed by atoms with Crippen molar-refractivity contribution < 1.29 is 19.7 Å². The van der Waals surface area contributed by atoms with Crippen molar-refractivity contribution in [1.82, 2.24) is 0 Å². The van der Waals surface area contributed by atoms with Gasteiger partial charge in [-0.1, -0.05) is 30.3 Å². The number of hydrogen-bond donors (Lipinski definition) is 1. The van der Waals surface area contributed by atoms with E-state index in [9.17, 15) is 25.0 Å². The van der Waals surface area contributed by atoms with Crippen molar-refractivity contribution in [2.24, 2.45) is 0 Å². The van der Waals surface area contributed by atoms with E-state index in [1.54, 1.807) is 18.2 Å². The second-order valence-electron chi connectivity index (χ2n) is 3.28. The van der Waals surface area contributed by atoms with Gasteiger partial charge in [0, 0.05) is 0 Å². The van der Waals surface area contributed by atoms with Crippen LogP contribution in [0.4, 0.5) is 0 Å². The van der Waals surface area contributed by atoms with E-state index in [4.69, 9.17) is 5.11 Å². The van der Waals surface area contributed by atoms with Gasteiger partial charge >= 0.3 is 17.4 Å². The van der Waals surface area contributed by atoms with Crippen LogP contribution in [0, 0.1) is 20.2 Å². The van der Waals surface area contributed by atoms with Gasteiger partial charge in [-0.3, -0.25) is 20.2 Å². The first-order chi connectivity index (χ1) is 8.43. The molecule has 0 radical (unpaired) electrons. The van der Waals surface area contributed by atoms with E-state index >= 15 is 0 Å². The number of hydrogen-bond acceptors (Lipinski definition) is 5. The van der Waals surface area contributed by atoms with Crippen LogP contribution in [0.5, 0.6) is 0 Å². The van der Waals surface area contributed by atoms with E-state index < -0.39 is 33.6 Å². The summed E-state index contributed by atoms with van der Waals surface area (Å²) >= 11 is 0. The highest BCUT2D eigenvalue weighted by molar-refractivity contribution is 5.84. The predicted molar refractivity (Wildman–Crippen MR) is 58.8 cm³/mol. The molecular formula is C10H8N2O6. The zero-order valence-corrected chi connectivity index (χ0v) is 8.98. The minimum absolute atomic E-state index is 0.420. The fraction of sp³-hybridized carbons (Fsp3) is 0.100. The number of nitrogens with zero attached hydrogens (tertiary/aromatic N) is 2. The maximum Gasteiger partial charge on any atom is 0.425 e. The lowest BCUT2D eigenvalue weighted by atomic mass is 10.1. The van der Waals surface area contributed by atoms with Gasteiger partial charge in [0.25, 0.3) is 0 Å². The number of rotatable bonds is 5. The molecule has 0 fully saturated rings. The van der Waals surface area contributed by atoms with Gasteiger partial charge in [0.05, 0.1) is 16.3 Å². The molecule has 0 unspecified atom stereocenters. The zero-order valence-electron chi connectivity index (χ0n) is 8.98. The largest absolute Gasteiger partial charge is 0.473 e. The first kappa shape index (κ1) is 13.3. The van der Waals surface area contributed by atoms with Crippen LogP contribution in [0.3, 0.4) is 0 Å². The molecule has 8 nitrogen and oxygen atoms in total. The third-order valence-electron chi connectivity index (χ3n) is 2.09. The van der Waals surface area contributed by atoms with Crippen molar-refractivity contribution in [1.29, 1.82) is 0 Å². The van der Waals surface area contributed by atoms with Gasteiger partial charge in [-0.25, -0.2) is 4.79 Å². The topological polar surface area (TPSA) is 124 Å². The average Bonchev–Trinajstić information content (AvgIpc) is 2.28. The Morgan fingerprint density at radius 2 is 1.67 bits per heavy atom. The summed E-state index contributed by atoms with van der Waals surface area (Å²) in [6, 6.07) is 7.90. The molecule has 0 amide bonds. The molecule has 0 atom stereocenters. The molecule has 18 heavy (non-hydrogen) atoms. The third-order valence-corrected chi connectivity index (χ3v) is 2.09. The van der Waals surface area contributed by atoms with Gasteiger partial charge in [-0.15, -0.1) is 0 Å². The van der Waals surface area contributed by atoms with E-state index in [0.717, 1.165) is 0 Å². The Labute approximate surface area is 100 Å². The summed E-state index contributed by atoms with van der Waals surface area (Å²) in [6.07, 6.45) is -0.420. The Morgan fingerprint density at radius 3 is 2.06 bits per heavy atom. The molecule has 0 aliphatic carbocycles. The Bertz CT molecular complexity index is 506. The van der Waals surface area contributed by atoms with E-state index in [0.29, 0.717) is 5.56 Å². The lowest BCUT2D eigenvalue weighted by molar-refractivity contribution is -0.469. The number of benzene rings is 1. The molecule has 1 rings (SSSR count). The van der Waals surface area contributed by atoms with Crippen LogP contribution in [0.25, 0.3) is 0 Å². The minimum Gasteiger partial charge on any atom is -0.473 e. The van der Waals surface area contributed by atoms with Crippen LogP contribution >= 0.6 is 0 Å². The summed E-state index contributed by atoms with van der Waals surface area (Å²) in [6.45, 7) is 0. The standard InChI is InChI=1S/C10H8N2O6/c13-10(14)9(12(17)18)8(11(15)16)6-7-4-2-1-3-5-7/h1-5H,6H2,(H,13,14). The Hall–Kier alpha value is -2.77. The molecule has 0 aromatic heterocycles. The lowest BCUT2D eigenvalue weighted by Gasteiger charge is -1.99. The molecule has 1 aromatic carbocycles. The van der Waals surface area contributed by atoms with Crippen molar-refractivity contribution in [3.63, 3.8) is 0 Å². The lowest BCUT2D eigenvalue weighted by Crippen LogP contribution is -2.18. The van der Waals surface area contributed by atoms with Gasteiger partial charge in [-0.2, -0.15) is 0 Å². The van der Waals surface area contributed by atoms with E-state index in [2.05, 4.69) is 0 Å². The molecule has 0 spiro atoms. The zero-order chi connectivity index (χ0) is 13.7. The molecular weight excluding hydrogens is 244 g/mol. The number of aliphatic carboxylic acids is 1. The normalized spacial score (nSPS) is 11.6. The highest BCUT2D eigenvalue weighted by Crippen LogP contribution is 2.14. The van der Waals surface area contributed by atoms with Crippen molar-refractivity contribution in [2.45, 2.75) is 6.42 Å². The number of carboxylic acid groups (broad SMARTS) is 1. The van der Waals surface area contributed by atoms with Crippen LogP contribution in [0.1, 0.15) is 5.56 Å². The van der Waals surface area contributed by atoms with Gasteiger partial charge in [0.2, 0.25) is 0 Å². The van der Waals surface area contributed by atoms with Gasteiger partial charge in [0.15, 0.2) is 0 Å². The summed E-state index contributed by atoms with van der Waals surface area (Å²) < 4.78 is 0. The van der Waals surface area contributed by atoms with Gasteiger partial charge < -0.3 is 5.11 Å². The SMILES string of the molecule is O=C(O)C(=C(Cc1ccccc1)[N+](=O)[O-])[N+](=O)[O-]. The molecule has 1 N–H and O–H groups in total. The first-order valence-corrected chi connectivity index (χ1v) is 4.72. The Morgan fingerprint density at radius 1 is 1.11 bits per heavy atom. The summed E-state index contributed by atoms with van der Waals surface area (Å²) in [5.74, 6) is -1.93. The average molecular weight is 252 g/mol. The number of nitro groups is 2. The van der Waals surface area contributed by atoms with E-state index in [1.807, 2.05) is 0 Å². The second-order valence-corrected chi connectivity index (χ2v) is 3.28. The number of carboxylic acids is 1. The maximum atomic E-state index is 10.7. The first-order valence-electron chi connectivity index (χ1n) is 4.72. The Balaban J connectivity index is 3.25. The van der Waals surface area contributed by atoms with E-state index in [1.165, 1.54) is 12.1 Å². The maximum absolute atomic E-state index is 10.7. The fourth-order valence-corrected chi connectivity index (χ4v) is 1.33. The molecule has 8 heteroatoms. The second kappa shape index (κ2) is 5.53. The van der Waals surface area contributed by atoms with Crippen molar-refractivity contribution in [3.8, 4) is 0 Å². The Kier molecular flexibility index (Phi) is 4.08. The highest BCUT2D eigenvalue weighted by atomic mass is 16.6. The van der Waals surface area contributed by atoms with Crippen LogP contribution < -0.4 is 0 Å². The smallest absolute Gasteiger partial charge is 0.425 e. The summed E-state index contributed by atoms with van der Waals surface area (Å²) in [5.41, 5.74) is -1.94. The summed E-state index contributed by atoms with van der Waals surface area (Å²) in [5, 5.41) is 29.9. The van der Waals surface area contributed by atoms with Crippen LogP contribution in [0.2, 0.25) is 0 Å². The number of carbonyl (C=O) groups is 1. The molecule has 94 valence electrons. The fourth-order valence-electron chi connectivity index (χ4n) is 1.33. The molecule has 0 aliphatic rings. The predicted octanol–water partition coefficient (Wildman–Crippen LogP) is 1.08. The molecule has 0 bridgehead atoms. The van der Waals surface area contributed by atoms with Crippen LogP contribution in [-0.2, 0) is 11.2 Å². The molecule has 1 aromatic rings. The van der Waals surface area contributed by atoms with Gasteiger partial charge in [-0.05, 0) is 5.56 Å². The summed E-state index contributed by atoms with van der Waals surface area (Å²) in [7, 11) is 0. The highest BCUT2D eigenvalue weighted by Gasteiger charge is 2.35. The molecule has 0 aliphatic heterocycles. The van der Waals surface area contributed by atoms with Crippen LogP contribution in [-0.4, -0.2) is 20.9 Å². The molecule has 0 saturated carbocycles. The van der Waals surface area contributed by atoms with Crippen molar-refractivity contribution in [3.05, 3.63) is 67.5 Å². The quantitative estimate of drug-likeness (QED) is 0.475. The van der Waals surface area contributed by atoms with Crippen LogP contribution in [0.15, 0.2) is 41.7 Å². The van der Waals surface area contributed by atoms with E-state index in [-0.39, 0.29) is 0 Å². The van der Waals surface area contributed by atoms with Gasteiger partial charge in [0.1, 0.15) is 0 Å². The summed E-state index contributed by atoms with van der Waals surface area (Å²) in [4.78, 5) is 29.6. The van der Waals surface area contributed by atoms with Crippen molar-refractivity contribution >= 4 is 5.97 Å². The number of allylic oxidation sites excluding steroid dienone is 1. The van der Waals surface area contributed by atoms with Crippen molar-refractivity contribution in [2.75, 3.05) is 0 Å².